The van der Waals surface area contributed by atoms with Crippen LogP contribution in [-0.4, -0.2) is 18.1 Å². The van der Waals surface area contributed by atoms with Crippen LogP contribution in [0.4, 0.5) is 5.69 Å². The van der Waals surface area contributed by atoms with E-state index in [4.69, 9.17) is 0 Å². The van der Waals surface area contributed by atoms with Gasteiger partial charge in [-0.1, -0.05) is 33.6 Å². The maximum Gasteiger partial charge on any atom is 0.0572 e. The van der Waals surface area contributed by atoms with Crippen molar-refractivity contribution in [1.29, 1.82) is 0 Å². The fourth-order valence-electron chi connectivity index (χ4n) is 1.97. The van der Waals surface area contributed by atoms with Gasteiger partial charge in [0.2, 0.25) is 0 Å². The second kappa shape index (κ2) is 8.92. The van der Waals surface area contributed by atoms with E-state index in [0.29, 0.717) is 0 Å². The van der Waals surface area contributed by atoms with Gasteiger partial charge in [0, 0.05) is 19.3 Å². The lowest BCUT2D eigenvalue weighted by Gasteiger charge is -2.16. The first-order chi connectivity index (χ1) is 8.81. The molecule has 0 radical (unpaired) electrons. The van der Waals surface area contributed by atoms with Crippen molar-refractivity contribution in [1.82, 2.24) is 10.3 Å². The summed E-state index contributed by atoms with van der Waals surface area (Å²) in [5.74, 6) is 0.752. The zero-order valence-electron chi connectivity index (χ0n) is 12.0. The minimum Gasteiger partial charge on any atom is -0.383 e. The number of hydrogen-bond acceptors (Lipinski definition) is 3. The summed E-state index contributed by atoms with van der Waals surface area (Å²) in [5, 5.41) is 6.98. The summed E-state index contributed by atoms with van der Waals surface area (Å²) in [4.78, 5) is 4.21. The zero-order valence-corrected chi connectivity index (χ0v) is 12.0. The molecule has 0 saturated carbocycles. The molecular weight excluding hydrogens is 222 g/mol. The second-order valence-electron chi connectivity index (χ2n) is 4.77. The highest BCUT2D eigenvalue weighted by atomic mass is 14.9. The van der Waals surface area contributed by atoms with Gasteiger partial charge < -0.3 is 10.6 Å². The molecule has 1 aromatic heterocycles. The van der Waals surface area contributed by atoms with Gasteiger partial charge in [-0.15, -0.1) is 0 Å². The van der Waals surface area contributed by atoms with Crippen molar-refractivity contribution in [2.24, 2.45) is 5.92 Å². The Kier molecular flexibility index (Phi) is 7.42. The Labute approximate surface area is 111 Å². The summed E-state index contributed by atoms with van der Waals surface area (Å²) in [5.41, 5.74) is 2.48. The smallest absolute Gasteiger partial charge is 0.0572 e. The molecule has 1 heterocycles. The van der Waals surface area contributed by atoms with E-state index in [1.807, 2.05) is 12.4 Å². The molecule has 0 aromatic carbocycles. The van der Waals surface area contributed by atoms with Crippen molar-refractivity contribution in [3.8, 4) is 0 Å². The van der Waals surface area contributed by atoms with E-state index in [-0.39, 0.29) is 0 Å². The number of hydrogen-bond donors (Lipinski definition) is 2. The monoisotopic (exact) mass is 249 g/mol. The van der Waals surface area contributed by atoms with Crippen LogP contribution in [0.5, 0.6) is 0 Å². The Morgan fingerprint density at radius 2 is 2.00 bits per heavy atom. The van der Waals surface area contributed by atoms with E-state index in [1.54, 1.807) is 0 Å². The van der Waals surface area contributed by atoms with E-state index in [9.17, 15) is 0 Å². The number of nitrogens with zero attached hydrogens (tertiary/aromatic N) is 1. The minimum absolute atomic E-state index is 0.752. The average Bonchev–Trinajstić information content (AvgIpc) is 2.41. The maximum atomic E-state index is 4.21. The molecule has 18 heavy (non-hydrogen) atoms. The Morgan fingerprint density at radius 3 is 2.67 bits per heavy atom. The van der Waals surface area contributed by atoms with Gasteiger partial charge in [-0.05, 0) is 30.5 Å². The molecule has 0 spiro atoms. The lowest BCUT2D eigenvalue weighted by molar-refractivity contribution is 0.518. The molecule has 1 aromatic rings. The standard InChI is InChI=1S/C15H27N3/c1-4-8-16-11-14-7-9-17-12-15(14)18-10-13(5-2)6-3/h7,9,12-13,16,18H,4-6,8,10-11H2,1-3H3. The van der Waals surface area contributed by atoms with E-state index >= 15 is 0 Å². The molecule has 102 valence electrons. The van der Waals surface area contributed by atoms with Gasteiger partial charge in [0.05, 0.1) is 11.9 Å². The molecule has 1 rings (SSSR count). The number of anilines is 1. The number of nitrogens with one attached hydrogen (secondary N) is 2. The second-order valence-corrected chi connectivity index (χ2v) is 4.77. The topological polar surface area (TPSA) is 37.0 Å². The molecule has 0 saturated heterocycles. The summed E-state index contributed by atoms with van der Waals surface area (Å²) in [7, 11) is 0. The van der Waals surface area contributed by atoms with Crippen LogP contribution in [0, 0.1) is 5.92 Å². The Bertz CT molecular complexity index is 321. The SMILES string of the molecule is CCCNCc1ccncc1NCC(CC)CC. The first kappa shape index (κ1) is 15.0. The Balaban J connectivity index is 2.52. The molecule has 0 amide bonds. The fraction of sp³-hybridized carbons (Fsp3) is 0.667. The van der Waals surface area contributed by atoms with Gasteiger partial charge in [0.1, 0.15) is 0 Å². The van der Waals surface area contributed by atoms with Gasteiger partial charge in [-0.25, -0.2) is 0 Å². The molecule has 0 atom stereocenters. The van der Waals surface area contributed by atoms with Crippen molar-refractivity contribution < 1.29 is 0 Å². The van der Waals surface area contributed by atoms with E-state index in [2.05, 4.69) is 42.5 Å². The van der Waals surface area contributed by atoms with Crippen LogP contribution < -0.4 is 10.6 Å². The molecular formula is C15H27N3. The quantitative estimate of drug-likeness (QED) is 0.658. The highest BCUT2D eigenvalue weighted by Crippen LogP contribution is 2.15. The molecule has 3 heteroatoms. The number of pyridine rings is 1. The van der Waals surface area contributed by atoms with Crippen LogP contribution >= 0.6 is 0 Å². The zero-order chi connectivity index (χ0) is 13.2. The largest absolute Gasteiger partial charge is 0.383 e. The Morgan fingerprint density at radius 1 is 1.22 bits per heavy atom. The van der Waals surface area contributed by atoms with Gasteiger partial charge in [0.25, 0.3) is 0 Å². The maximum absolute atomic E-state index is 4.21. The molecule has 0 unspecified atom stereocenters. The van der Waals surface area contributed by atoms with Crippen molar-refractivity contribution in [3.63, 3.8) is 0 Å². The first-order valence-corrected chi connectivity index (χ1v) is 7.19. The van der Waals surface area contributed by atoms with E-state index < -0.39 is 0 Å². The van der Waals surface area contributed by atoms with Crippen LogP contribution in [0.3, 0.4) is 0 Å². The summed E-state index contributed by atoms with van der Waals surface area (Å²) in [6, 6.07) is 2.10. The van der Waals surface area contributed by atoms with Gasteiger partial charge in [-0.2, -0.15) is 0 Å². The third kappa shape index (κ3) is 5.05. The summed E-state index contributed by atoms with van der Waals surface area (Å²) in [6.45, 7) is 9.72. The lowest BCUT2D eigenvalue weighted by Crippen LogP contribution is -2.18. The van der Waals surface area contributed by atoms with Gasteiger partial charge in [0.15, 0.2) is 0 Å². The first-order valence-electron chi connectivity index (χ1n) is 7.19. The molecule has 0 aliphatic rings. The molecule has 0 bridgehead atoms. The molecule has 2 N–H and O–H groups in total. The molecule has 3 nitrogen and oxygen atoms in total. The highest BCUT2D eigenvalue weighted by molar-refractivity contribution is 5.48. The summed E-state index contributed by atoms with van der Waals surface area (Å²) < 4.78 is 0. The molecule has 0 aliphatic heterocycles. The van der Waals surface area contributed by atoms with Crippen LogP contribution in [0.2, 0.25) is 0 Å². The predicted molar refractivity (Wildman–Crippen MR) is 78.8 cm³/mol. The predicted octanol–water partition coefficient (Wildman–Crippen LogP) is 3.43. The average molecular weight is 249 g/mol. The fourth-order valence-corrected chi connectivity index (χ4v) is 1.97. The van der Waals surface area contributed by atoms with Gasteiger partial charge in [-0.3, -0.25) is 4.98 Å². The Hall–Kier alpha value is -1.09. The number of rotatable bonds is 9. The minimum atomic E-state index is 0.752. The van der Waals surface area contributed by atoms with Crippen molar-refractivity contribution in [3.05, 3.63) is 24.0 Å². The van der Waals surface area contributed by atoms with Crippen molar-refractivity contribution in [2.75, 3.05) is 18.4 Å². The van der Waals surface area contributed by atoms with Gasteiger partial charge >= 0.3 is 0 Å². The molecule has 0 aliphatic carbocycles. The summed E-state index contributed by atoms with van der Waals surface area (Å²) in [6.07, 6.45) is 7.43. The third-order valence-corrected chi connectivity index (χ3v) is 3.39. The molecule has 0 fully saturated rings. The summed E-state index contributed by atoms with van der Waals surface area (Å²) >= 11 is 0. The lowest BCUT2D eigenvalue weighted by atomic mass is 10.0. The van der Waals surface area contributed by atoms with Crippen LogP contribution in [0.15, 0.2) is 18.5 Å². The van der Waals surface area contributed by atoms with E-state index in [0.717, 1.165) is 25.6 Å². The van der Waals surface area contributed by atoms with E-state index in [1.165, 1.54) is 30.5 Å². The van der Waals surface area contributed by atoms with Crippen molar-refractivity contribution >= 4 is 5.69 Å². The highest BCUT2D eigenvalue weighted by Gasteiger charge is 2.05. The third-order valence-electron chi connectivity index (χ3n) is 3.39. The normalized spacial score (nSPS) is 10.9. The van der Waals surface area contributed by atoms with Crippen molar-refractivity contribution in [2.45, 2.75) is 46.6 Å². The van der Waals surface area contributed by atoms with Crippen LogP contribution in [0.1, 0.15) is 45.6 Å². The van der Waals surface area contributed by atoms with Crippen LogP contribution in [0.25, 0.3) is 0 Å². The van der Waals surface area contributed by atoms with Crippen LogP contribution in [-0.2, 0) is 6.54 Å². The number of aromatic nitrogens is 1.